The van der Waals surface area contributed by atoms with Crippen LogP contribution in [0.2, 0.25) is 0 Å². The second-order valence-corrected chi connectivity index (χ2v) is 10.5. The smallest absolute Gasteiger partial charge is 0.244 e. The highest BCUT2D eigenvalue weighted by atomic mass is 79.9. The van der Waals surface area contributed by atoms with Crippen LogP contribution in [0.5, 0.6) is 0 Å². The zero-order valence-electron chi connectivity index (χ0n) is 10.8. The van der Waals surface area contributed by atoms with Crippen molar-refractivity contribution in [1.29, 1.82) is 0 Å². The van der Waals surface area contributed by atoms with E-state index in [1.165, 1.54) is 14.1 Å². The summed E-state index contributed by atoms with van der Waals surface area (Å²) in [6, 6.07) is 6.21. The largest absolute Gasteiger partial charge is 0.273 e. The Morgan fingerprint density at radius 2 is 1.05 bits per heavy atom. The number of benzene rings is 1. The Bertz CT molecular complexity index is 600. The minimum absolute atomic E-state index is 0.184. The van der Waals surface area contributed by atoms with Gasteiger partial charge in [-0.05, 0) is 24.3 Å². The van der Waals surface area contributed by atoms with Gasteiger partial charge in [-0.15, -0.1) is 0 Å². The molecule has 0 saturated carbocycles. The number of sulfonamides is 2. The molecule has 114 valence electrons. The van der Waals surface area contributed by atoms with E-state index in [2.05, 4.69) is 31.9 Å². The van der Waals surface area contributed by atoms with Crippen molar-refractivity contribution in [2.75, 3.05) is 32.0 Å². The van der Waals surface area contributed by atoms with E-state index in [1.54, 1.807) is 24.3 Å². The molecule has 0 N–H and O–H groups in total. The molecule has 0 unspecified atom stereocenters. The first-order chi connectivity index (χ1) is 9.15. The molecule has 0 aromatic heterocycles. The minimum Gasteiger partial charge on any atom is -0.273 e. The first kappa shape index (κ1) is 17.7. The lowest BCUT2D eigenvalue weighted by Crippen LogP contribution is -2.28. The zero-order valence-corrected chi connectivity index (χ0v) is 15.6. The first-order valence-corrected chi connectivity index (χ1v) is 10.8. The van der Waals surface area contributed by atoms with Gasteiger partial charge in [0, 0.05) is 14.1 Å². The van der Waals surface area contributed by atoms with Crippen LogP contribution >= 0.6 is 31.9 Å². The Morgan fingerprint density at radius 3 is 1.25 bits per heavy atom. The summed E-state index contributed by atoms with van der Waals surface area (Å²) in [5.74, 6) is 0. The molecule has 1 aromatic carbocycles. The molecule has 0 saturated heterocycles. The van der Waals surface area contributed by atoms with E-state index >= 15 is 0 Å². The van der Waals surface area contributed by atoms with Gasteiger partial charge in [0.25, 0.3) is 0 Å². The van der Waals surface area contributed by atoms with Gasteiger partial charge in [0.2, 0.25) is 20.0 Å². The molecule has 0 aliphatic carbocycles. The zero-order chi connectivity index (χ0) is 15.6. The van der Waals surface area contributed by atoms with Crippen LogP contribution in [0.25, 0.3) is 0 Å². The summed E-state index contributed by atoms with van der Waals surface area (Å²) in [5.41, 5.74) is 0.913. The molecule has 6 nitrogen and oxygen atoms in total. The molecular weight excluding hydrogens is 436 g/mol. The van der Waals surface area contributed by atoms with Crippen LogP contribution in [0, 0.1) is 0 Å². The molecule has 0 fully saturated rings. The summed E-state index contributed by atoms with van der Waals surface area (Å²) in [6.45, 7) is 0. The van der Waals surface area contributed by atoms with Crippen LogP contribution in [-0.2, 0) is 20.0 Å². The monoisotopic (exact) mass is 448 g/mol. The van der Waals surface area contributed by atoms with Crippen LogP contribution in [0.1, 0.15) is 0 Å². The summed E-state index contributed by atoms with van der Waals surface area (Å²) in [4.78, 5) is 0. The summed E-state index contributed by atoms with van der Waals surface area (Å²) >= 11 is 5.84. The average Bonchev–Trinajstić information content (AvgIpc) is 2.45. The molecule has 1 aromatic rings. The van der Waals surface area contributed by atoms with Gasteiger partial charge in [-0.2, -0.15) is 0 Å². The minimum atomic E-state index is -3.41. The van der Waals surface area contributed by atoms with Crippen molar-refractivity contribution in [2.45, 2.75) is 0 Å². The summed E-state index contributed by atoms with van der Waals surface area (Å²) < 4.78 is 48.7. The fraction of sp³-hybridized carbons (Fsp3) is 0.400. The molecular formula is C10H14Br2N2O4S2. The topological polar surface area (TPSA) is 74.8 Å². The first-order valence-electron chi connectivity index (χ1n) is 5.31. The molecule has 0 bridgehead atoms. The van der Waals surface area contributed by atoms with E-state index < -0.39 is 20.0 Å². The van der Waals surface area contributed by atoms with E-state index in [1.807, 2.05) is 0 Å². The molecule has 0 heterocycles. The van der Waals surface area contributed by atoms with E-state index in [4.69, 9.17) is 0 Å². The molecule has 0 spiro atoms. The maximum Gasteiger partial charge on any atom is 0.244 e. The Labute approximate surface area is 136 Å². The van der Waals surface area contributed by atoms with Crippen molar-refractivity contribution in [3.63, 3.8) is 0 Å². The van der Waals surface area contributed by atoms with Gasteiger partial charge < -0.3 is 0 Å². The van der Waals surface area contributed by atoms with Crippen molar-refractivity contribution in [2.24, 2.45) is 0 Å². The van der Waals surface area contributed by atoms with Crippen molar-refractivity contribution < 1.29 is 16.8 Å². The van der Waals surface area contributed by atoms with Crippen LogP contribution in [0.15, 0.2) is 24.3 Å². The highest BCUT2D eigenvalue weighted by Crippen LogP contribution is 2.23. The number of alkyl halides is 2. The molecule has 0 aliphatic rings. The van der Waals surface area contributed by atoms with Crippen molar-refractivity contribution in [3.05, 3.63) is 24.3 Å². The maximum atomic E-state index is 11.7. The van der Waals surface area contributed by atoms with Gasteiger partial charge in [-0.1, -0.05) is 31.9 Å². The van der Waals surface area contributed by atoms with Crippen molar-refractivity contribution >= 4 is 63.3 Å². The van der Waals surface area contributed by atoms with E-state index in [-0.39, 0.29) is 9.32 Å². The fourth-order valence-corrected chi connectivity index (χ4v) is 4.36. The van der Waals surface area contributed by atoms with Crippen LogP contribution in [0.3, 0.4) is 0 Å². The van der Waals surface area contributed by atoms with E-state index in [0.29, 0.717) is 11.4 Å². The van der Waals surface area contributed by atoms with E-state index in [0.717, 1.165) is 8.61 Å². The molecule has 0 amide bonds. The quantitative estimate of drug-likeness (QED) is 0.621. The number of halogens is 2. The van der Waals surface area contributed by atoms with Crippen LogP contribution < -0.4 is 8.61 Å². The van der Waals surface area contributed by atoms with Gasteiger partial charge >= 0.3 is 0 Å². The Balaban J connectivity index is 3.07. The van der Waals surface area contributed by atoms with E-state index in [9.17, 15) is 16.8 Å². The van der Waals surface area contributed by atoms with Gasteiger partial charge in [-0.25, -0.2) is 16.8 Å². The third kappa shape index (κ3) is 3.86. The molecule has 0 atom stereocenters. The Hall–Kier alpha value is -0.320. The standard InChI is InChI=1S/C10H14Br2N2O4S2/c1-13(19(15,16)7-11)9-3-5-10(6-4-9)14(2)20(17,18)8-12/h3-6H,7-8H2,1-2H3. The Morgan fingerprint density at radius 1 is 0.800 bits per heavy atom. The number of anilines is 2. The second-order valence-electron chi connectivity index (χ2n) is 3.89. The molecule has 10 heteroatoms. The number of hydrogen-bond acceptors (Lipinski definition) is 4. The highest BCUT2D eigenvalue weighted by molar-refractivity contribution is 9.11. The Kier molecular flexibility index (Phi) is 5.88. The lowest BCUT2D eigenvalue weighted by Gasteiger charge is -2.21. The predicted molar refractivity (Wildman–Crippen MR) is 88.7 cm³/mol. The van der Waals surface area contributed by atoms with Crippen LogP contribution in [0.4, 0.5) is 11.4 Å². The molecule has 1 rings (SSSR count). The molecule has 0 aliphatic heterocycles. The number of hydrogen-bond donors (Lipinski definition) is 0. The van der Waals surface area contributed by atoms with Gasteiger partial charge in [0.1, 0.15) is 9.32 Å². The third-order valence-electron chi connectivity index (χ3n) is 2.69. The van der Waals surface area contributed by atoms with Crippen molar-refractivity contribution in [3.8, 4) is 0 Å². The summed E-state index contributed by atoms with van der Waals surface area (Å²) in [7, 11) is -3.94. The normalized spacial score (nSPS) is 12.2. The van der Waals surface area contributed by atoms with Crippen LogP contribution in [-0.4, -0.2) is 40.3 Å². The second kappa shape index (κ2) is 6.63. The van der Waals surface area contributed by atoms with Gasteiger partial charge in [-0.3, -0.25) is 8.61 Å². The fourth-order valence-electron chi connectivity index (χ4n) is 1.34. The molecule has 0 radical (unpaired) electrons. The molecule has 20 heavy (non-hydrogen) atoms. The maximum absolute atomic E-state index is 11.7. The SMILES string of the molecule is CN(c1ccc(N(C)S(=O)(=O)CBr)cc1)S(=O)(=O)CBr. The van der Waals surface area contributed by atoms with Crippen molar-refractivity contribution in [1.82, 2.24) is 0 Å². The highest BCUT2D eigenvalue weighted by Gasteiger charge is 2.19. The number of rotatable bonds is 6. The lowest BCUT2D eigenvalue weighted by atomic mass is 10.3. The number of nitrogens with zero attached hydrogens (tertiary/aromatic N) is 2. The lowest BCUT2D eigenvalue weighted by molar-refractivity contribution is 0.597. The average molecular weight is 450 g/mol. The summed E-state index contributed by atoms with van der Waals surface area (Å²) in [5, 5.41) is 0. The van der Waals surface area contributed by atoms with Gasteiger partial charge in [0.15, 0.2) is 0 Å². The third-order valence-corrected chi connectivity index (χ3v) is 8.80. The van der Waals surface area contributed by atoms with Gasteiger partial charge in [0.05, 0.1) is 11.4 Å². The predicted octanol–water partition coefficient (Wildman–Crippen LogP) is 1.92. The summed E-state index contributed by atoms with van der Waals surface area (Å²) in [6.07, 6.45) is 0.